The number of para-hydroxylation sites is 1. The Balaban J connectivity index is 1.88. The molecule has 0 fully saturated rings. The Hall–Kier alpha value is -2.78. The molecule has 1 aliphatic heterocycles. The van der Waals surface area contributed by atoms with Crippen LogP contribution in [0.2, 0.25) is 0 Å². The van der Waals surface area contributed by atoms with E-state index >= 15 is 0 Å². The summed E-state index contributed by atoms with van der Waals surface area (Å²) < 4.78 is 29.3. The average Bonchev–Trinajstić information content (AvgIpc) is 3.02. The molecule has 0 N–H and O–H groups in total. The number of rotatable bonds is 4. The van der Waals surface area contributed by atoms with Crippen LogP contribution in [0.15, 0.2) is 64.4 Å². The first kappa shape index (κ1) is 19.5. The molecule has 9 heteroatoms. The van der Waals surface area contributed by atoms with Crippen LogP contribution < -0.4 is 9.21 Å². The highest BCUT2D eigenvalue weighted by molar-refractivity contribution is 7.98. The number of sulfonamides is 1. The van der Waals surface area contributed by atoms with Crippen molar-refractivity contribution in [3.05, 3.63) is 66.0 Å². The zero-order chi connectivity index (χ0) is 20.8. The number of aryl methyl sites for hydroxylation is 2. The fourth-order valence-electron chi connectivity index (χ4n) is 3.43. The van der Waals surface area contributed by atoms with Crippen LogP contribution in [0.1, 0.15) is 11.4 Å². The van der Waals surface area contributed by atoms with E-state index in [0.29, 0.717) is 11.4 Å². The van der Waals surface area contributed by atoms with Gasteiger partial charge < -0.3 is 0 Å². The highest BCUT2D eigenvalue weighted by Gasteiger charge is 2.42. The van der Waals surface area contributed by atoms with Crippen LogP contribution in [-0.4, -0.2) is 30.5 Å². The molecule has 7 nitrogen and oxygen atoms in total. The maximum atomic E-state index is 13.5. The van der Waals surface area contributed by atoms with E-state index in [-0.39, 0.29) is 11.4 Å². The molecule has 0 bridgehead atoms. The van der Waals surface area contributed by atoms with Crippen molar-refractivity contribution in [2.75, 3.05) is 15.5 Å². The highest BCUT2D eigenvalue weighted by Crippen LogP contribution is 2.38. The number of carbonyl (C=O) groups excluding carboxylic acids is 1. The normalized spacial score (nSPS) is 15.5. The summed E-state index contributed by atoms with van der Waals surface area (Å²) in [4.78, 5) is 15.9. The molecular weight excluding hydrogens is 408 g/mol. The Bertz CT molecular complexity index is 1200. The van der Waals surface area contributed by atoms with Crippen LogP contribution in [0.4, 0.5) is 16.2 Å². The van der Waals surface area contributed by atoms with Crippen molar-refractivity contribution >= 4 is 39.2 Å². The third-order valence-electron chi connectivity index (χ3n) is 4.79. The topological polar surface area (TPSA) is 75.5 Å². The number of fused-ring (bicyclic) bond motifs is 1. The van der Waals surface area contributed by atoms with Gasteiger partial charge in [-0.1, -0.05) is 18.2 Å². The number of amides is 2. The molecule has 0 saturated carbocycles. The summed E-state index contributed by atoms with van der Waals surface area (Å²) in [5.74, 6) is 0. The number of carbonyl (C=O) groups is 1. The van der Waals surface area contributed by atoms with E-state index in [1.807, 2.05) is 25.3 Å². The van der Waals surface area contributed by atoms with Crippen LogP contribution in [0, 0.1) is 6.92 Å². The number of hydrogen-bond acceptors (Lipinski definition) is 5. The lowest BCUT2D eigenvalue weighted by molar-refractivity contribution is 0.253. The minimum absolute atomic E-state index is 0.105. The van der Waals surface area contributed by atoms with E-state index in [2.05, 4.69) is 5.10 Å². The lowest BCUT2D eigenvalue weighted by atomic mass is 10.2. The Morgan fingerprint density at radius 1 is 1.07 bits per heavy atom. The zero-order valence-corrected chi connectivity index (χ0v) is 17.9. The molecule has 150 valence electrons. The third kappa shape index (κ3) is 3.30. The van der Waals surface area contributed by atoms with Crippen molar-refractivity contribution in [2.24, 2.45) is 7.05 Å². The molecule has 0 spiro atoms. The number of nitrogens with zero attached hydrogens (tertiary/aromatic N) is 4. The molecule has 4 rings (SSSR count). The molecule has 0 aliphatic carbocycles. The summed E-state index contributed by atoms with van der Waals surface area (Å²) in [5.41, 5.74) is 2.33. The first-order chi connectivity index (χ1) is 13.8. The largest absolute Gasteiger partial charge is 0.343 e. The zero-order valence-electron chi connectivity index (χ0n) is 16.2. The molecule has 1 aliphatic rings. The first-order valence-electron chi connectivity index (χ1n) is 8.92. The van der Waals surface area contributed by atoms with Crippen LogP contribution in [-0.2, 0) is 23.6 Å². The summed E-state index contributed by atoms with van der Waals surface area (Å²) in [6.07, 6.45) is 1.90. The van der Waals surface area contributed by atoms with Crippen LogP contribution >= 0.6 is 11.8 Å². The lowest BCUT2D eigenvalue weighted by Gasteiger charge is -2.36. The summed E-state index contributed by atoms with van der Waals surface area (Å²) in [7, 11) is -2.23. The minimum atomic E-state index is -4.03. The summed E-state index contributed by atoms with van der Waals surface area (Å²) in [6.45, 7) is 2.08. The molecule has 1 aromatic heterocycles. The number of hydrogen-bond donors (Lipinski definition) is 0. The lowest BCUT2D eigenvalue weighted by Crippen LogP contribution is -2.50. The minimum Gasteiger partial charge on any atom is -0.286 e. The number of anilines is 2. The molecule has 2 amide bonds. The standard InChI is InChI=1S/C20H20N4O3S2/c1-14-11-16(22(2)21-14)13-23-18-9-4-5-10-19(18)29(26,27)24(20(23)25)15-7-6-8-17(12-15)28-3/h4-12H,13H2,1-3H3. The number of urea groups is 1. The van der Waals surface area contributed by atoms with E-state index in [1.165, 1.54) is 22.7 Å². The number of thioether (sulfide) groups is 1. The highest BCUT2D eigenvalue weighted by atomic mass is 32.2. The summed E-state index contributed by atoms with van der Waals surface area (Å²) >= 11 is 1.48. The molecule has 0 atom stereocenters. The van der Waals surface area contributed by atoms with Gasteiger partial charge in [0.05, 0.1) is 29.3 Å². The van der Waals surface area contributed by atoms with Gasteiger partial charge in [0.2, 0.25) is 0 Å². The Labute approximate surface area is 174 Å². The van der Waals surface area contributed by atoms with Crippen LogP contribution in [0.5, 0.6) is 0 Å². The molecule has 2 aromatic carbocycles. The van der Waals surface area contributed by atoms with Crippen molar-refractivity contribution in [1.29, 1.82) is 0 Å². The van der Waals surface area contributed by atoms with Crippen molar-refractivity contribution in [1.82, 2.24) is 9.78 Å². The van der Waals surface area contributed by atoms with Crippen LogP contribution in [0.25, 0.3) is 0 Å². The maximum Gasteiger partial charge on any atom is 0.343 e. The van der Waals surface area contributed by atoms with Gasteiger partial charge in [-0.3, -0.25) is 9.58 Å². The van der Waals surface area contributed by atoms with E-state index in [9.17, 15) is 13.2 Å². The van der Waals surface area contributed by atoms with Crippen molar-refractivity contribution in [3.8, 4) is 0 Å². The second-order valence-electron chi connectivity index (χ2n) is 6.71. The number of benzene rings is 2. The van der Waals surface area contributed by atoms with Gasteiger partial charge in [-0.2, -0.15) is 9.40 Å². The van der Waals surface area contributed by atoms with E-state index in [4.69, 9.17) is 0 Å². The van der Waals surface area contributed by atoms with Gasteiger partial charge in [0.15, 0.2) is 0 Å². The first-order valence-corrected chi connectivity index (χ1v) is 11.6. The van der Waals surface area contributed by atoms with Gasteiger partial charge in [0, 0.05) is 11.9 Å². The molecule has 0 radical (unpaired) electrons. The van der Waals surface area contributed by atoms with E-state index in [1.54, 1.807) is 48.1 Å². The molecule has 2 heterocycles. The summed E-state index contributed by atoms with van der Waals surface area (Å²) in [6, 6.07) is 14.8. The SMILES string of the molecule is CSc1cccc(N2C(=O)N(Cc3cc(C)nn3C)c3ccccc3S2(=O)=O)c1. The van der Waals surface area contributed by atoms with Gasteiger partial charge in [-0.25, -0.2) is 13.2 Å². The van der Waals surface area contributed by atoms with Gasteiger partial charge in [0.1, 0.15) is 4.90 Å². The van der Waals surface area contributed by atoms with E-state index in [0.717, 1.165) is 20.6 Å². The predicted molar refractivity (Wildman–Crippen MR) is 114 cm³/mol. The smallest absolute Gasteiger partial charge is 0.286 e. The molecule has 0 unspecified atom stereocenters. The quantitative estimate of drug-likeness (QED) is 0.591. The Morgan fingerprint density at radius 3 is 2.52 bits per heavy atom. The second-order valence-corrected chi connectivity index (χ2v) is 9.34. The molecular formula is C20H20N4O3S2. The maximum absolute atomic E-state index is 13.5. The van der Waals surface area contributed by atoms with Crippen molar-refractivity contribution in [2.45, 2.75) is 23.3 Å². The van der Waals surface area contributed by atoms with Gasteiger partial charge >= 0.3 is 6.03 Å². The predicted octanol–water partition coefficient (Wildman–Crippen LogP) is 3.79. The van der Waals surface area contributed by atoms with Gasteiger partial charge in [0.25, 0.3) is 10.0 Å². The average molecular weight is 429 g/mol. The Morgan fingerprint density at radius 2 is 1.83 bits per heavy atom. The Kier molecular flexibility index (Phi) is 4.87. The van der Waals surface area contributed by atoms with E-state index < -0.39 is 16.1 Å². The summed E-state index contributed by atoms with van der Waals surface area (Å²) in [5, 5.41) is 4.33. The van der Waals surface area contributed by atoms with Crippen LogP contribution in [0.3, 0.4) is 0 Å². The fourth-order valence-corrected chi connectivity index (χ4v) is 5.46. The third-order valence-corrected chi connectivity index (χ3v) is 7.26. The second kappa shape index (κ2) is 7.23. The van der Waals surface area contributed by atoms with Gasteiger partial charge in [-0.05, 0) is 49.6 Å². The van der Waals surface area contributed by atoms with Gasteiger partial charge in [-0.15, -0.1) is 11.8 Å². The van der Waals surface area contributed by atoms with Crippen molar-refractivity contribution in [3.63, 3.8) is 0 Å². The fraction of sp³-hybridized carbons (Fsp3) is 0.200. The van der Waals surface area contributed by atoms with Crippen molar-refractivity contribution < 1.29 is 13.2 Å². The molecule has 29 heavy (non-hydrogen) atoms. The molecule has 0 saturated heterocycles. The molecule has 3 aromatic rings. The monoisotopic (exact) mass is 428 g/mol. The number of aromatic nitrogens is 2.